The molecule has 0 saturated carbocycles. The van der Waals surface area contributed by atoms with Gasteiger partial charge in [-0.2, -0.15) is 0 Å². The van der Waals surface area contributed by atoms with Crippen molar-refractivity contribution in [1.29, 1.82) is 0 Å². The number of piperazine rings is 1. The minimum Gasteiger partial charge on any atom is -0.368 e. The van der Waals surface area contributed by atoms with E-state index in [4.69, 9.17) is 0 Å². The fourth-order valence-electron chi connectivity index (χ4n) is 3.77. The number of nitrogens with one attached hydrogen (secondary N) is 1. The lowest BCUT2D eigenvalue weighted by molar-refractivity contribution is 0.208. The van der Waals surface area contributed by atoms with Gasteiger partial charge in [0.15, 0.2) is 0 Å². The van der Waals surface area contributed by atoms with E-state index in [1.165, 1.54) is 16.8 Å². The summed E-state index contributed by atoms with van der Waals surface area (Å²) in [6.45, 7) is 7.37. The maximum absolute atomic E-state index is 12.8. The zero-order chi connectivity index (χ0) is 21.6. The molecule has 0 atom stereocenters. The Morgan fingerprint density at radius 3 is 2.26 bits per heavy atom. The molecule has 2 amide bonds. The van der Waals surface area contributed by atoms with E-state index in [0.717, 1.165) is 29.9 Å². The van der Waals surface area contributed by atoms with Gasteiger partial charge in [0.1, 0.15) is 0 Å². The molecule has 0 bridgehead atoms. The number of carbonyl (C=O) groups is 1. The number of aryl methyl sites for hydroxylation is 1. The number of carbonyl (C=O) groups excluding carboxylic acids is 1. The molecule has 4 rings (SSSR count). The number of hydrogen-bond acceptors (Lipinski definition) is 2. The second kappa shape index (κ2) is 9.40. The Bertz CT molecular complexity index is 1120. The summed E-state index contributed by atoms with van der Waals surface area (Å²) in [4.78, 5) is 17.0. The van der Waals surface area contributed by atoms with Gasteiger partial charge in [-0.25, -0.2) is 4.79 Å². The first-order valence-corrected chi connectivity index (χ1v) is 10.6. The Hall–Kier alpha value is -3.71. The maximum Gasteiger partial charge on any atom is 0.321 e. The minimum atomic E-state index is -0.0613. The summed E-state index contributed by atoms with van der Waals surface area (Å²) in [5.41, 5.74) is 6.49. The molecule has 1 fully saturated rings. The zero-order valence-electron chi connectivity index (χ0n) is 18.1. The van der Waals surface area contributed by atoms with E-state index in [9.17, 15) is 4.79 Å². The molecule has 1 aliphatic rings. The van der Waals surface area contributed by atoms with Gasteiger partial charge < -0.3 is 15.1 Å². The van der Waals surface area contributed by atoms with E-state index in [-0.39, 0.29) is 6.03 Å². The lowest BCUT2D eigenvalue weighted by Gasteiger charge is -2.37. The van der Waals surface area contributed by atoms with Gasteiger partial charge >= 0.3 is 6.03 Å². The monoisotopic (exact) mass is 409 g/mol. The van der Waals surface area contributed by atoms with Crippen LogP contribution in [0.4, 0.5) is 16.2 Å². The first-order chi connectivity index (χ1) is 15.1. The Balaban J connectivity index is 1.36. The normalized spacial score (nSPS) is 13.4. The molecule has 0 aliphatic carbocycles. The molecule has 0 radical (unpaired) electrons. The van der Waals surface area contributed by atoms with Crippen molar-refractivity contribution in [3.63, 3.8) is 0 Å². The fourth-order valence-corrected chi connectivity index (χ4v) is 3.77. The molecule has 1 aliphatic heterocycles. The summed E-state index contributed by atoms with van der Waals surface area (Å²) >= 11 is 0. The summed E-state index contributed by atoms with van der Waals surface area (Å²) in [6, 6.07) is 23.9. The van der Waals surface area contributed by atoms with Crippen molar-refractivity contribution in [3.05, 3.63) is 95.1 Å². The van der Waals surface area contributed by atoms with Crippen LogP contribution in [-0.2, 0) is 0 Å². The molecule has 0 aromatic heterocycles. The molecule has 3 aromatic carbocycles. The van der Waals surface area contributed by atoms with E-state index in [2.05, 4.69) is 54.1 Å². The fraction of sp³-hybridized carbons (Fsp3) is 0.222. The molecule has 1 N–H and O–H groups in total. The molecule has 156 valence electrons. The van der Waals surface area contributed by atoms with Crippen LogP contribution in [0.1, 0.15) is 22.3 Å². The molecular weight excluding hydrogens is 382 g/mol. The van der Waals surface area contributed by atoms with Crippen LogP contribution in [0.5, 0.6) is 0 Å². The van der Waals surface area contributed by atoms with Crippen LogP contribution in [0.2, 0.25) is 0 Å². The minimum absolute atomic E-state index is 0.0613. The van der Waals surface area contributed by atoms with Crippen LogP contribution < -0.4 is 10.2 Å². The van der Waals surface area contributed by atoms with Crippen LogP contribution in [0, 0.1) is 25.7 Å². The van der Waals surface area contributed by atoms with E-state index in [1.54, 1.807) is 0 Å². The van der Waals surface area contributed by atoms with E-state index in [0.29, 0.717) is 13.1 Å². The summed E-state index contributed by atoms with van der Waals surface area (Å²) in [5.74, 6) is 6.32. The molecular formula is C27H27N3O. The second-order valence-electron chi connectivity index (χ2n) is 7.82. The van der Waals surface area contributed by atoms with E-state index in [1.807, 2.05) is 59.5 Å². The average Bonchev–Trinajstić information content (AvgIpc) is 2.80. The first-order valence-electron chi connectivity index (χ1n) is 10.6. The largest absolute Gasteiger partial charge is 0.368 e. The molecule has 4 nitrogen and oxygen atoms in total. The second-order valence-corrected chi connectivity index (χ2v) is 7.82. The standard InChI is InChI=1S/C27H27N3O/c1-21-8-6-13-26(22(21)2)29-16-18-30(19-17-29)27(31)28-25-12-7-11-24(20-25)15-14-23-9-4-3-5-10-23/h3-13,20H,16-19H2,1-2H3,(H,28,31). The number of hydrogen-bond donors (Lipinski definition) is 1. The summed E-state index contributed by atoms with van der Waals surface area (Å²) in [6.07, 6.45) is 0. The summed E-state index contributed by atoms with van der Waals surface area (Å²) in [5, 5.41) is 3.03. The van der Waals surface area contributed by atoms with Crippen molar-refractivity contribution < 1.29 is 4.79 Å². The molecule has 3 aromatic rings. The predicted octanol–water partition coefficient (Wildman–Crippen LogP) is 5.06. The van der Waals surface area contributed by atoms with Crippen LogP contribution in [0.25, 0.3) is 0 Å². The smallest absolute Gasteiger partial charge is 0.321 e. The Morgan fingerprint density at radius 1 is 0.806 bits per heavy atom. The predicted molar refractivity (Wildman–Crippen MR) is 128 cm³/mol. The average molecular weight is 410 g/mol. The van der Waals surface area contributed by atoms with E-state index < -0.39 is 0 Å². The van der Waals surface area contributed by atoms with Crippen LogP contribution >= 0.6 is 0 Å². The van der Waals surface area contributed by atoms with Crippen LogP contribution in [0.15, 0.2) is 72.8 Å². The molecule has 31 heavy (non-hydrogen) atoms. The molecule has 4 heteroatoms. The molecule has 0 unspecified atom stereocenters. The quantitative estimate of drug-likeness (QED) is 0.601. The van der Waals surface area contributed by atoms with Crippen molar-refractivity contribution in [1.82, 2.24) is 4.90 Å². The van der Waals surface area contributed by atoms with E-state index >= 15 is 0 Å². The third-order valence-electron chi connectivity index (χ3n) is 5.72. The summed E-state index contributed by atoms with van der Waals surface area (Å²) in [7, 11) is 0. The van der Waals surface area contributed by atoms with Gasteiger partial charge in [0.25, 0.3) is 0 Å². The van der Waals surface area contributed by atoms with Crippen LogP contribution in [-0.4, -0.2) is 37.1 Å². The van der Waals surface area contributed by atoms with Crippen molar-refractivity contribution >= 4 is 17.4 Å². The van der Waals surface area contributed by atoms with Gasteiger partial charge in [0.05, 0.1) is 0 Å². The number of amides is 2. The molecule has 1 heterocycles. The van der Waals surface area contributed by atoms with Crippen molar-refractivity contribution in [3.8, 4) is 11.8 Å². The van der Waals surface area contributed by atoms with Crippen molar-refractivity contribution in [2.45, 2.75) is 13.8 Å². The topological polar surface area (TPSA) is 35.6 Å². The van der Waals surface area contributed by atoms with Gasteiger partial charge in [0.2, 0.25) is 0 Å². The summed E-state index contributed by atoms with van der Waals surface area (Å²) < 4.78 is 0. The van der Waals surface area contributed by atoms with Gasteiger partial charge in [0, 0.05) is 48.7 Å². The highest BCUT2D eigenvalue weighted by Crippen LogP contribution is 2.24. The number of benzene rings is 3. The molecule has 1 saturated heterocycles. The highest BCUT2D eigenvalue weighted by atomic mass is 16.2. The highest BCUT2D eigenvalue weighted by molar-refractivity contribution is 5.89. The number of anilines is 2. The number of rotatable bonds is 2. The first kappa shape index (κ1) is 20.6. The van der Waals surface area contributed by atoms with Crippen molar-refractivity contribution in [2.75, 3.05) is 36.4 Å². The number of urea groups is 1. The third kappa shape index (κ3) is 5.07. The lowest BCUT2D eigenvalue weighted by atomic mass is 10.1. The van der Waals surface area contributed by atoms with Gasteiger partial charge in [-0.3, -0.25) is 0 Å². The number of nitrogens with zero attached hydrogens (tertiary/aromatic N) is 2. The zero-order valence-corrected chi connectivity index (χ0v) is 18.1. The van der Waals surface area contributed by atoms with Gasteiger partial charge in [-0.15, -0.1) is 0 Å². The van der Waals surface area contributed by atoms with Crippen LogP contribution in [0.3, 0.4) is 0 Å². The van der Waals surface area contributed by atoms with Gasteiger partial charge in [-0.1, -0.05) is 48.2 Å². The highest BCUT2D eigenvalue weighted by Gasteiger charge is 2.22. The Labute approximate surface area is 184 Å². The van der Waals surface area contributed by atoms with Crippen molar-refractivity contribution in [2.24, 2.45) is 0 Å². The Kier molecular flexibility index (Phi) is 6.24. The lowest BCUT2D eigenvalue weighted by Crippen LogP contribution is -2.50. The maximum atomic E-state index is 12.8. The molecule has 0 spiro atoms. The third-order valence-corrected chi connectivity index (χ3v) is 5.72. The SMILES string of the molecule is Cc1cccc(N2CCN(C(=O)Nc3cccc(C#Cc4ccccc4)c3)CC2)c1C. The van der Waals surface area contributed by atoms with Gasteiger partial charge in [-0.05, 0) is 61.4 Å². The Morgan fingerprint density at radius 2 is 1.48 bits per heavy atom.